The van der Waals surface area contributed by atoms with E-state index in [1.807, 2.05) is 25.1 Å². The van der Waals surface area contributed by atoms with Crippen molar-refractivity contribution in [2.75, 3.05) is 12.4 Å². The van der Waals surface area contributed by atoms with Gasteiger partial charge in [0, 0.05) is 39.4 Å². The van der Waals surface area contributed by atoms with Gasteiger partial charge in [-0.05, 0) is 43.3 Å². The minimum atomic E-state index is -0.149. The van der Waals surface area contributed by atoms with E-state index in [-0.39, 0.29) is 12.0 Å². The molecule has 0 saturated heterocycles. The molecular weight excluding hydrogens is 326 g/mol. The number of anilines is 1. The Balaban J connectivity index is 1.84. The van der Waals surface area contributed by atoms with Crippen molar-refractivity contribution in [2.24, 2.45) is 0 Å². The van der Waals surface area contributed by atoms with Crippen molar-refractivity contribution < 1.29 is 14.3 Å². The van der Waals surface area contributed by atoms with Gasteiger partial charge in [-0.3, -0.25) is 4.79 Å². The van der Waals surface area contributed by atoms with E-state index in [0.717, 1.165) is 40.3 Å². The largest absolute Gasteiger partial charge is 0.496 e. The number of hydrogen-bond donors (Lipinski definition) is 1. The molecule has 1 atom stereocenters. The Labute approximate surface area is 145 Å². The van der Waals surface area contributed by atoms with Gasteiger partial charge in [-0.1, -0.05) is 11.6 Å². The first-order chi connectivity index (χ1) is 11.5. The number of benzene rings is 2. The van der Waals surface area contributed by atoms with Crippen molar-refractivity contribution in [2.45, 2.75) is 19.4 Å². The minimum absolute atomic E-state index is 0.149. The Morgan fingerprint density at radius 3 is 2.96 bits per heavy atom. The molecule has 24 heavy (non-hydrogen) atoms. The number of fused-ring (bicyclic) bond motifs is 2. The number of carbonyl (C=O) groups is 1. The van der Waals surface area contributed by atoms with Crippen molar-refractivity contribution in [3.8, 4) is 11.5 Å². The lowest BCUT2D eigenvalue weighted by Crippen LogP contribution is -2.05. The quantitative estimate of drug-likeness (QED) is 0.834. The van der Waals surface area contributed by atoms with Crippen molar-refractivity contribution in [3.05, 3.63) is 52.0 Å². The van der Waals surface area contributed by atoms with Crippen molar-refractivity contribution >= 4 is 34.8 Å². The third-order valence-corrected chi connectivity index (χ3v) is 4.55. The predicted molar refractivity (Wildman–Crippen MR) is 94.7 cm³/mol. The molecule has 2 aliphatic heterocycles. The fourth-order valence-corrected chi connectivity index (χ4v) is 3.38. The van der Waals surface area contributed by atoms with Crippen LogP contribution in [0.2, 0.25) is 5.02 Å². The van der Waals surface area contributed by atoms with Crippen LogP contribution in [0, 0.1) is 0 Å². The maximum Gasteiger partial charge on any atom is 0.256 e. The Bertz CT molecular complexity index is 888. The number of ether oxygens (including phenoxy) is 2. The Hall–Kier alpha value is -2.46. The second-order valence-corrected chi connectivity index (χ2v) is 6.47. The van der Waals surface area contributed by atoms with Crippen molar-refractivity contribution in [1.82, 2.24) is 0 Å². The van der Waals surface area contributed by atoms with Gasteiger partial charge >= 0.3 is 0 Å². The highest BCUT2D eigenvalue weighted by Crippen LogP contribution is 2.39. The monoisotopic (exact) mass is 341 g/mol. The Morgan fingerprint density at radius 2 is 2.17 bits per heavy atom. The van der Waals surface area contributed by atoms with Gasteiger partial charge in [0.1, 0.15) is 17.6 Å². The Kier molecular flexibility index (Phi) is 3.50. The number of methoxy groups -OCH3 is 1. The molecule has 0 spiro atoms. The standard InChI is InChI=1S/C19H16ClNO3/c1-10-5-11-7-17(23-2)12(8-18(11)24-10)6-15-14-9-13(20)3-4-16(14)21-19(15)22/h3-4,6-10H,5H2,1-2H3,(H,21,22)/b15-6-. The number of halogens is 1. The average molecular weight is 342 g/mol. The van der Waals surface area contributed by atoms with E-state index in [9.17, 15) is 4.79 Å². The Morgan fingerprint density at radius 1 is 1.33 bits per heavy atom. The third kappa shape index (κ3) is 2.43. The molecule has 2 heterocycles. The molecule has 0 radical (unpaired) electrons. The van der Waals surface area contributed by atoms with Crippen LogP contribution in [0.5, 0.6) is 11.5 Å². The van der Waals surface area contributed by atoms with Gasteiger partial charge in [0.25, 0.3) is 5.91 Å². The summed E-state index contributed by atoms with van der Waals surface area (Å²) in [5, 5.41) is 3.45. The molecule has 5 heteroatoms. The van der Waals surface area contributed by atoms with Gasteiger partial charge in [0.15, 0.2) is 0 Å². The lowest BCUT2D eigenvalue weighted by molar-refractivity contribution is -0.110. The number of rotatable bonds is 2. The highest BCUT2D eigenvalue weighted by atomic mass is 35.5. The van der Waals surface area contributed by atoms with E-state index >= 15 is 0 Å². The van der Waals surface area contributed by atoms with E-state index in [1.165, 1.54) is 0 Å². The fraction of sp³-hybridized carbons (Fsp3) is 0.211. The number of amides is 1. The van der Waals surface area contributed by atoms with Gasteiger partial charge in [-0.2, -0.15) is 0 Å². The molecule has 1 N–H and O–H groups in total. The van der Waals surface area contributed by atoms with Gasteiger partial charge in [0.2, 0.25) is 0 Å². The minimum Gasteiger partial charge on any atom is -0.496 e. The molecule has 2 aromatic rings. The van der Waals surface area contributed by atoms with Crippen LogP contribution < -0.4 is 14.8 Å². The first-order valence-electron chi connectivity index (χ1n) is 7.75. The van der Waals surface area contributed by atoms with Crippen LogP contribution in [0.3, 0.4) is 0 Å². The maximum atomic E-state index is 12.3. The number of carbonyl (C=O) groups excluding carboxylic acids is 1. The SMILES string of the molecule is COc1cc2c(cc1/C=C1\C(=O)Nc3ccc(Cl)cc31)OC(C)C2. The normalized spacial score (nSPS) is 19.7. The number of hydrogen-bond acceptors (Lipinski definition) is 3. The van der Waals surface area contributed by atoms with Gasteiger partial charge in [-0.15, -0.1) is 0 Å². The summed E-state index contributed by atoms with van der Waals surface area (Å²) in [6.45, 7) is 2.03. The molecule has 0 fully saturated rings. The first kappa shape index (κ1) is 15.1. The van der Waals surface area contributed by atoms with Crippen LogP contribution in [-0.2, 0) is 11.2 Å². The highest BCUT2D eigenvalue weighted by Gasteiger charge is 2.26. The third-order valence-electron chi connectivity index (χ3n) is 4.31. The molecule has 0 aromatic heterocycles. The van der Waals surface area contributed by atoms with Crippen LogP contribution in [-0.4, -0.2) is 19.1 Å². The van der Waals surface area contributed by atoms with Crippen LogP contribution in [0.4, 0.5) is 5.69 Å². The summed E-state index contributed by atoms with van der Waals surface area (Å²) < 4.78 is 11.3. The summed E-state index contributed by atoms with van der Waals surface area (Å²) >= 11 is 6.08. The molecule has 0 saturated carbocycles. The molecule has 4 nitrogen and oxygen atoms in total. The molecule has 2 aliphatic rings. The first-order valence-corrected chi connectivity index (χ1v) is 8.13. The smallest absolute Gasteiger partial charge is 0.256 e. The molecule has 0 aliphatic carbocycles. The summed E-state index contributed by atoms with van der Waals surface area (Å²) in [5.41, 5.74) is 4.06. The van der Waals surface area contributed by atoms with Gasteiger partial charge in [-0.25, -0.2) is 0 Å². The summed E-state index contributed by atoms with van der Waals surface area (Å²) in [5.74, 6) is 1.42. The maximum absolute atomic E-state index is 12.3. The van der Waals surface area contributed by atoms with Gasteiger partial charge < -0.3 is 14.8 Å². The zero-order chi connectivity index (χ0) is 16.8. The van der Waals surface area contributed by atoms with E-state index in [0.29, 0.717) is 10.6 Å². The lowest BCUT2D eigenvalue weighted by atomic mass is 10.0. The molecule has 1 amide bonds. The van der Waals surface area contributed by atoms with Gasteiger partial charge in [0.05, 0.1) is 7.11 Å². The van der Waals surface area contributed by atoms with Crippen molar-refractivity contribution in [3.63, 3.8) is 0 Å². The highest BCUT2D eigenvalue weighted by molar-refractivity contribution is 6.36. The van der Waals surface area contributed by atoms with Crippen LogP contribution in [0.1, 0.15) is 23.6 Å². The van der Waals surface area contributed by atoms with E-state index in [4.69, 9.17) is 21.1 Å². The van der Waals surface area contributed by atoms with E-state index in [2.05, 4.69) is 5.32 Å². The summed E-state index contributed by atoms with van der Waals surface area (Å²) in [4.78, 5) is 12.3. The summed E-state index contributed by atoms with van der Waals surface area (Å²) in [6.07, 6.45) is 2.84. The van der Waals surface area contributed by atoms with Crippen molar-refractivity contribution in [1.29, 1.82) is 0 Å². The zero-order valence-electron chi connectivity index (χ0n) is 13.4. The van der Waals surface area contributed by atoms with E-state index < -0.39 is 0 Å². The lowest BCUT2D eigenvalue weighted by Gasteiger charge is -2.09. The summed E-state index contributed by atoms with van der Waals surface area (Å²) in [7, 11) is 1.63. The van der Waals surface area contributed by atoms with Crippen LogP contribution >= 0.6 is 11.6 Å². The summed E-state index contributed by atoms with van der Waals surface area (Å²) in [6, 6.07) is 9.27. The molecule has 122 valence electrons. The number of nitrogens with one attached hydrogen (secondary N) is 1. The molecule has 2 aromatic carbocycles. The molecule has 1 unspecified atom stereocenters. The van der Waals surface area contributed by atoms with Crippen LogP contribution in [0.15, 0.2) is 30.3 Å². The predicted octanol–water partition coefficient (Wildman–Crippen LogP) is 4.16. The molecule has 0 bridgehead atoms. The second kappa shape index (κ2) is 5.56. The average Bonchev–Trinajstić information content (AvgIpc) is 3.05. The topological polar surface area (TPSA) is 47.6 Å². The second-order valence-electron chi connectivity index (χ2n) is 6.04. The van der Waals surface area contributed by atoms with Crippen LogP contribution in [0.25, 0.3) is 11.6 Å². The zero-order valence-corrected chi connectivity index (χ0v) is 14.1. The fourth-order valence-electron chi connectivity index (χ4n) is 3.20. The molecular formula is C19H16ClNO3. The van der Waals surface area contributed by atoms with E-state index in [1.54, 1.807) is 25.3 Å². The molecule has 4 rings (SSSR count).